The van der Waals surface area contributed by atoms with Gasteiger partial charge in [0.15, 0.2) is 11.4 Å². The highest BCUT2D eigenvalue weighted by atomic mass is 32.1. The van der Waals surface area contributed by atoms with Gasteiger partial charge in [0.1, 0.15) is 11.5 Å². The van der Waals surface area contributed by atoms with Gasteiger partial charge >= 0.3 is 0 Å². The first-order chi connectivity index (χ1) is 14.6. The van der Waals surface area contributed by atoms with E-state index in [9.17, 15) is 0 Å². The van der Waals surface area contributed by atoms with Gasteiger partial charge in [0.25, 0.3) is 0 Å². The van der Waals surface area contributed by atoms with Gasteiger partial charge in [0.2, 0.25) is 0 Å². The van der Waals surface area contributed by atoms with Crippen molar-refractivity contribution in [3.8, 4) is 11.5 Å². The van der Waals surface area contributed by atoms with Gasteiger partial charge in [-0.3, -0.25) is 0 Å². The summed E-state index contributed by atoms with van der Waals surface area (Å²) in [6.45, 7) is 6.30. The van der Waals surface area contributed by atoms with Crippen LogP contribution >= 0.6 is 12.2 Å². The van der Waals surface area contributed by atoms with Crippen molar-refractivity contribution in [3.05, 3.63) is 54.1 Å². The number of hydrogen-bond acceptors (Lipinski definition) is 5. The molecule has 0 atom stereocenters. The van der Waals surface area contributed by atoms with Crippen LogP contribution in [0.25, 0.3) is 0 Å². The van der Waals surface area contributed by atoms with Gasteiger partial charge < -0.3 is 29.2 Å². The third-order valence-corrected chi connectivity index (χ3v) is 4.88. The van der Waals surface area contributed by atoms with Gasteiger partial charge in [-0.2, -0.15) is 0 Å². The lowest BCUT2D eigenvalue weighted by Gasteiger charge is -2.30. The lowest BCUT2D eigenvalue weighted by Crippen LogP contribution is -2.43. The third-order valence-electron chi connectivity index (χ3n) is 4.52. The first-order valence-corrected chi connectivity index (χ1v) is 10.6. The molecule has 6 nitrogen and oxygen atoms in total. The Bertz CT molecular complexity index is 767. The first kappa shape index (κ1) is 23.9. The highest BCUT2D eigenvalue weighted by Crippen LogP contribution is 2.29. The van der Waals surface area contributed by atoms with Crippen LogP contribution in [0.1, 0.15) is 19.4 Å². The van der Waals surface area contributed by atoms with Crippen molar-refractivity contribution in [2.45, 2.75) is 26.6 Å². The fourth-order valence-electron chi connectivity index (χ4n) is 3.00. The number of hydrogen-bond donors (Lipinski definition) is 1. The number of nitrogens with zero attached hydrogens (tertiary/aromatic N) is 1. The van der Waals surface area contributed by atoms with E-state index >= 15 is 0 Å². The summed E-state index contributed by atoms with van der Waals surface area (Å²) in [5, 5.41) is 3.87. The fourth-order valence-corrected chi connectivity index (χ4v) is 3.27. The second kappa shape index (κ2) is 13.1. The Balaban J connectivity index is 2.17. The molecule has 164 valence electrons. The number of ether oxygens (including phenoxy) is 4. The van der Waals surface area contributed by atoms with Gasteiger partial charge in [-0.15, -0.1) is 0 Å². The predicted molar refractivity (Wildman–Crippen MR) is 125 cm³/mol. The molecule has 0 unspecified atom stereocenters. The number of thiocarbonyl (C=S) groups is 1. The maximum atomic E-state index is 5.75. The second-order valence-electron chi connectivity index (χ2n) is 6.52. The van der Waals surface area contributed by atoms with E-state index < -0.39 is 0 Å². The number of nitrogens with one attached hydrogen (secondary N) is 1. The van der Waals surface area contributed by atoms with Crippen LogP contribution in [0.2, 0.25) is 0 Å². The van der Waals surface area contributed by atoms with Crippen molar-refractivity contribution in [1.82, 2.24) is 4.90 Å². The Morgan fingerprint density at radius 1 is 1.00 bits per heavy atom. The van der Waals surface area contributed by atoms with Crippen LogP contribution in [-0.2, 0) is 15.9 Å². The molecule has 0 aliphatic rings. The topological polar surface area (TPSA) is 52.2 Å². The molecule has 0 heterocycles. The summed E-state index contributed by atoms with van der Waals surface area (Å²) in [6.07, 6.45) is 0.491. The molecule has 7 heteroatoms. The molecule has 0 fully saturated rings. The largest absolute Gasteiger partial charge is 0.497 e. The van der Waals surface area contributed by atoms with Crippen molar-refractivity contribution < 1.29 is 18.9 Å². The smallest absolute Gasteiger partial charge is 0.174 e. The minimum atomic E-state index is -0.359. The number of rotatable bonds is 12. The third kappa shape index (κ3) is 7.48. The average Bonchev–Trinajstić information content (AvgIpc) is 2.77. The van der Waals surface area contributed by atoms with Crippen molar-refractivity contribution in [2.75, 3.05) is 45.8 Å². The molecule has 0 aliphatic heterocycles. The van der Waals surface area contributed by atoms with Crippen molar-refractivity contribution in [1.29, 1.82) is 0 Å². The Morgan fingerprint density at radius 2 is 1.70 bits per heavy atom. The standard InChI is InChI=1S/C23H32N2O4S/c1-5-28-22(29-6-2)17-25(15-14-18-10-8-7-9-11-18)23(30)24-20-16-19(26-3)12-13-21(20)27-4/h7-13,16,22H,5-6,14-15,17H2,1-4H3,(H,24,30). The SMILES string of the molecule is CCOC(CN(CCc1ccccc1)C(=S)Nc1cc(OC)ccc1OC)OCC. The van der Waals surface area contributed by atoms with Gasteiger partial charge in [-0.05, 0) is 50.2 Å². The zero-order valence-corrected chi connectivity index (χ0v) is 19.0. The molecule has 0 amide bonds. The molecule has 0 aromatic heterocycles. The van der Waals surface area contributed by atoms with E-state index in [4.69, 9.17) is 31.2 Å². The van der Waals surface area contributed by atoms with E-state index in [1.807, 2.05) is 50.2 Å². The zero-order chi connectivity index (χ0) is 21.8. The maximum Gasteiger partial charge on any atom is 0.174 e. The van der Waals surface area contributed by atoms with Gasteiger partial charge in [-0.25, -0.2) is 0 Å². The van der Waals surface area contributed by atoms with Gasteiger partial charge in [0.05, 0.1) is 26.5 Å². The van der Waals surface area contributed by atoms with Crippen molar-refractivity contribution >= 4 is 23.0 Å². The Morgan fingerprint density at radius 3 is 2.30 bits per heavy atom. The molecule has 0 saturated heterocycles. The summed E-state index contributed by atoms with van der Waals surface area (Å²) in [6, 6.07) is 15.9. The fraction of sp³-hybridized carbons (Fsp3) is 0.435. The van der Waals surface area contributed by atoms with Crippen LogP contribution in [0, 0.1) is 0 Å². The predicted octanol–water partition coefficient (Wildman–Crippen LogP) is 4.34. The van der Waals surface area contributed by atoms with Crippen molar-refractivity contribution in [3.63, 3.8) is 0 Å². The zero-order valence-electron chi connectivity index (χ0n) is 18.2. The van der Waals surface area contributed by atoms with Gasteiger partial charge in [-0.1, -0.05) is 30.3 Å². The Hall–Kier alpha value is -2.35. The van der Waals surface area contributed by atoms with E-state index in [1.54, 1.807) is 14.2 Å². The van der Waals surface area contributed by atoms with Crippen LogP contribution < -0.4 is 14.8 Å². The van der Waals surface area contributed by atoms with E-state index in [0.717, 1.165) is 24.4 Å². The van der Waals surface area contributed by atoms with Crippen LogP contribution in [0.4, 0.5) is 5.69 Å². The van der Waals surface area contributed by atoms with Crippen LogP contribution in [0.5, 0.6) is 11.5 Å². The summed E-state index contributed by atoms with van der Waals surface area (Å²) < 4.78 is 22.3. The summed E-state index contributed by atoms with van der Waals surface area (Å²) in [4.78, 5) is 2.07. The molecular weight excluding hydrogens is 400 g/mol. The average molecular weight is 433 g/mol. The van der Waals surface area contributed by atoms with Crippen molar-refractivity contribution in [2.24, 2.45) is 0 Å². The van der Waals surface area contributed by atoms with E-state index in [-0.39, 0.29) is 6.29 Å². The molecule has 2 aromatic carbocycles. The van der Waals surface area contributed by atoms with Crippen LogP contribution in [0.15, 0.2) is 48.5 Å². The highest BCUT2D eigenvalue weighted by molar-refractivity contribution is 7.80. The van der Waals surface area contributed by atoms with E-state index in [1.165, 1.54) is 5.56 Å². The molecular formula is C23H32N2O4S. The Kier molecular flexibility index (Phi) is 10.4. The maximum absolute atomic E-state index is 5.75. The molecule has 30 heavy (non-hydrogen) atoms. The summed E-state index contributed by atoms with van der Waals surface area (Å²) in [5.74, 6) is 1.41. The normalized spacial score (nSPS) is 10.7. The minimum absolute atomic E-state index is 0.359. The van der Waals surface area contributed by atoms with Crippen LogP contribution in [-0.4, -0.2) is 56.8 Å². The summed E-state index contributed by atoms with van der Waals surface area (Å²) in [7, 11) is 3.26. The minimum Gasteiger partial charge on any atom is -0.497 e. The summed E-state index contributed by atoms with van der Waals surface area (Å²) in [5.41, 5.74) is 1.99. The molecule has 0 spiro atoms. The molecule has 2 rings (SSSR count). The molecule has 2 aromatic rings. The monoisotopic (exact) mass is 432 g/mol. The molecule has 0 aliphatic carbocycles. The number of methoxy groups -OCH3 is 2. The summed E-state index contributed by atoms with van der Waals surface area (Å²) >= 11 is 5.75. The van der Waals surface area contributed by atoms with E-state index in [2.05, 4.69) is 22.3 Å². The van der Waals surface area contributed by atoms with E-state index in [0.29, 0.717) is 30.6 Å². The first-order valence-electron chi connectivity index (χ1n) is 10.2. The quantitative estimate of drug-likeness (QED) is 0.395. The van der Waals surface area contributed by atoms with Gasteiger partial charge in [0, 0.05) is 25.8 Å². The molecule has 0 saturated carbocycles. The molecule has 0 bridgehead atoms. The molecule has 0 radical (unpaired) electrons. The Labute approximate surface area is 185 Å². The highest BCUT2D eigenvalue weighted by Gasteiger charge is 2.19. The number of benzene rings is 2. The lowest BCUT2D eigenvalue weighted by molar-refractivity contribution is -0.141. The second-order valence-corrected chi connectivity index (χ2v) is 6.90. The van der Waals surface area contributed by atoms with Crippen LogP contribution in [0.3, 0.4) is 0 Å². The number of anilines is 1. The molecule has 1 N–H and O–H groups in total. The lowest BCUT2D eigenvalue weighted by atomic mass is 10.1.